The Balaban J connectivity index is 1.52. The number of nitrogens with zero attached hydrogens (tertiary/aromatic N) is 3. The minimum Gasteiger partial charge on any atom is -0.350 e. The number of hydrogen-bond donors (Lipinski definition) is 1. The van der Waals surface area contributed by atoms with Gasteiger partial charge in [-0.05, 0) is 37.1 Å². The van der Waals surface area contributed by atoms with Gasteiger partial charge in [0.2, 0.25) is 0 Å². The summed E-state index contributed by atoms with van der Waals surface area (Å²) in [6.07, 6.45) is 2.01. The van der Waals surface area contributed by atoms with Crippen LogP contribution in [-0.4, -0.2) is 26.8 Å². The number of para-hydroxylation sites is 1. The zero-order chi connectivity index (χ0) is 19.7. The molecule has 0 unspecified atom stereocenters. The number of rotatable bonds is 6. The van der Waals surface area contributed by atoms with Crippen LogP contribution in [0.1, 0.15) is 34.9 Å². The summed E-state index contributed by atoms with van der Waals surface area (Å²) in [5, 5.41) is 7.11. The highest BCUT2D eigenvalue weighted by Crippen LogP contribution is 2.39. The van der Waals surface area contributed by atoms with Crippen LogP contribution in [0.5, 0.6) is 0 Å². The first-order valence-corrected chi connectivity index (χ1v) is 9.41. The van der Waals surface area contributed by atoms with Crippen molar-refractivity contribution in [1.29, 1.82) is 0 Å². The number of carbonyl (C=O) groups is 1. The Hall–Kier alpha value is -2.93. The molecule has 0 bridgehead atoms. The molecule has 1 aliphatic carbocycles. The molecule has 1 N–H and O–H groups in total. The van der Waals surface area contributed by atoms with Crippen molar-refractivity contribution in [3.8, 4) is 5.69 Å². The molecule has 144 valence electrons. The smallest absolute Gasteiger partial charge is 0.350 e. The summed E-state index contributed by atoms with van der Waals surface area (Å²) in [5.74, 6) is -0.298. The van der Waals surface area contributed by atoms with Gasteiger partial charge in [-0.3, -0.25) is 4.79 Å². The van der Waals surface area contributed by atoms with Crippen LogP contribution >= 0.6 is 11.6 Å². The Morgan fingerprint density at radius 3 is 2.61 bits per heavy atom. The zero-order valence-electron chi connectivity index (χ0n) is 14.9. The van der Waals surface area contributed by atoms with E-state index >= 15 is 0 Å². The van der Waals surface area contributed by atoms with E-state index in [1.54, 1.807) is 4.57 Å². The van der Waals surface area contributed by atoms with Crippen LogP contribution in [0.4, 0.5) is 4.39 Å². The van der Waals surface area contributed by atoms with E-state index in [0.717, 1.165) is 24.4 Å². The lowest BCUT2D eigenvalue weighted by Crippen LogP contribution is -2.32. The molecular formula is C20H18ClFN4O2. The number of hydrogen-bond acceptors (Lipinski definition) is 3. The van der Waals surface area contributed by atoms with Gasteiger partial charge in [0.25, 0.3) is 5.91 Å². The molecule has 0 spiro atoms. The Kier molecular flexibility index (Phi) is 5.00. The standard InChI is InChI=1S/C20H18ClFN4O2/c21-15-7-4-8-16(22)17(15)19(27)23-11-12-25-20(28)26(14-5-2-1-3-6-14)18(24-25)13-9-10-13/h1-8,13H,9-12H2,(H,23,27). The Morgan fingerprint density at radius 2 is 1.93 bits per heavy atom. The van der Waals surface area contributed by atoms with Gasteiger partial charge in [0.15, 0.2) is 0 Å². The maximum Gasteiger partial charge on any atom is 0.350 e. The summed E-state index contributed by atoms with van der Waals surface area (Å²) in [5.41, 5.74) is 0.305. The van der Waals surface area contributed by atoms with Crippen molar-refractivity contribution in [2.24, 2.45) is 0 Å². The summed E-state index contributed by atoms with van der Waals surface area (Å²) in [7, 11) is 0. The van der Waals surface area contributed by atoms with Crippen molar-refractivity contribution in [3.05, 3.63) is 81.2 Å². The fourth-order valence-electron chi connectivity index (χ4n) is 3.07. The van der Waals surface area contributed by atoms with Gasteiger partial charge in [0.05, 0.1) is 22.8 Å². The van der Waals surface area contributed by atoms with Gasteiger partial charge in [-0.15, -0.1) is 0 Å². The summed E-state index contributed by atoms with van der Waals surface area (Å²) in [6.45, 7) is 0.301. The topological polar surface area (TPSA) is 68.9 Å². The maximum absolute atomic E-state index is 13.8. The lowest BCUT2D eigenvalue weighted by Gasteiger charge is -2.07. The van der Waals surface area contributed by atoms with E-state index in [1.165, 1.54) is 22.9 Å². The monoisotopic (exact) mass is 400 g/mol. The molecule has 1 fully saturated rings. The molecule has 2 aromatic carbocycles. The van der Waals surface area contributed by atoms with Gasteiger partial charge >= 0.3 is 5.69 Å². The molecule has 6 nitrogen and oxygen atoms in total. The van der Waals surface area contributed by atoms with Crippen LogP contribution in [-0.2, 0) is 6.54 Å². The van der Waals surface area contributed by atoms with Gasteiger partial charge in [0.1, 0.15) is 11.6 Å². The van der Waals surface area contributed by atoms with Crippen LogP contribution < -0.4 is 11.0 Å². The van der Waals surface area contributed by atoms with E-state index in [4.69, 9.17) is 11.6 Å². The van der Waals surface area contributed by atoms with E-state index in [2.05, 4.69) is 10.4 Å². The van der Waals surface area contributed by atoms with E-state index in [1.807, 2.05) is 30.3 Å². The normalized spacial score (nSPS) is 13.5. The van der Waals surface area contributed by atoms with Crippen LogP contribution in [0.3, 0.4) is 0 Å². The van der Waals surface area contributed by atoms with Crippen LogP contribution in [0.25, 0.3) is 5.69 Å². The van der Waals surface area contributed by atoms with Gasteiger partial charge in [-0.25, -0.2) is 18.4 Å². The van der Waals surface area contributed by atoms with Gasteiger partial charge in [0, 0.05) is 12.5 Å². The number of amides is 1. The van der Waals surface area contributed by atoms with E-state index in [-0.39, 0.29) is 35.3 Å². The molecule has 1 saturated carbocycles. The van der Waals surface area contributed by atoms with Gasteiger partial charge in [-0.2, -0.15) is 5.10 Å². The minimum absolute atomic E-state index is 0.0408. The largest absolute Gasteiger partial charge is 0.350 e. The second-order valence-electron chi connectivity index (χ2n) is 6.66. The second kappa shape index (κ2) is 7.59. The Morgan fingerprint density at radius 1 is 1.18 bits per heavy atom. The molecule has 28 heavy (non-hydrogen) atoms. The highest BCUT2D eigenvalue weighted by molar-refractivity contribution is 6.33. The lowest BCUT2D eigenvalue weighted by molar-refractivity contribution is 0.0948. The summed E-state index contributed by atoms with van der Waals surface area (Å²) in [4.78, 5) is 25.1. The average molecular weight is 401 g/mol. The quantitative estimate of drug-likeness (QED) is 0.691. The maximum atomic E-state index is 13.8. The van der Waals surface area contributed by atoms with Crippen molar-refractivity contribution < 1.29 is 9.18 Å². The highest BCUT2D eigenvalue weighted by atomic mass is 35.5. The first-order valence-electron chi connectivity index (χ1n) is 9.03. The number of benzene rings is 2. The zero-order valence-corrected chi connectivity index (χ0v) is 15.7. The minimum atomic E-state index is -0.688. The fourth-order valence-corrected chi connectivity index (χ4v) is 3.32. The van der Waals surface area contributed by atoms with Crippen molar-refractivity contribution in [3.63, 3.8) is 0 Å². The van der Waals surface area contributed by atoms with Crippen molar-refractivity contribution >= 4 is 17.5 Å². The average Bonchev–Trinajstić information content (AvgIpc) is 3.47. The summed E-state index contributed by atoms with van der Waals surface area (Å²) < 4.78 is 16.8. The second-order valence-corrected chi connectivity index (χ2v) is 7.07. The van der Waals surface area contributed by atoms with E-state index in [9.17, 15) is 14.0 Å². The molecule has 8 heteroatoms. The Labute approximate surface area is 165 Å². The van der Waals surface area contributed by atoms with Gasteiger partial charge in [-0.1, -0.05) is 35.9 Å². The number of nitrogens with one attached hydrogen (secondary N) is 1. The first kappa shape index (κ1) is 18.4. The predicted octanol–water partition coefficient (Wildman–Crippen LogP) is 3.13. The molecule has 0 saturated heterocycles. The molecule has 0 radical (unpaired) electrons. The molecule has 0 aliphatic heterocycles. The van der Waals surface area contributed by atoms with Crippen molar-refractivity contribution in [1.82, 2.24) is 19.7 Å². The third-order valence-corrected chi connectivity index (χ3v) is 4.94. The van der Waals surface area contributed by atoms with Crippen LogP contribution in [0.2, 0.25) is 5.02 Å². The predicted molar refractivity (Wildman–Crippen MR) is 104 cm³/mol. The van der Waals surface area contributed by atoms with E-state index < -0.39 is 11.7 Å². The third kappa shape index (κ3) is 3.57. The van der Waals surface area contributed by atoms with Crippen LogP contribution in [0.15, 0.2) is 53.3 Å². The number of aromatic nitrogens is 3. The highest BCUT2D eigenvalue weighted by Gasteiger charge is 2.31. The summed E-state index contributed by atoms with van der Waals surface area (Å²) >= 11 is 5.91. The molecule has 0 atom stereocenters. The molecule has 1 heterocycles. The molecule has 1 aliphatic rings. The van der Waals surface area contributed by atoms with Crippen molar-refractivity contribution in [2.75, 3.05) is 6.54 Å². The molecule has 4 rings (SSSR count). The Bertz CT molecular complexity index is 1050. The first-order chi connectivity index (χ1) is 13.6. The molecule has 1 aromatic heterocycles. The molecule has 3 aromatic rings. The fraction of sp³-hybridized carbons (Fsp3) is 0.250. The summed E-state index contributed by atoms with van der Waals surface area (Å²) in [6, 6.07) is 13.4. The van der Waals surface area contributed by atoms with Crippen molar-refractivity contribution in [2.45, 2.75) is 25.3 Å². The third-order valence-electron chi connectivity index (χ3n) is 4.62. The SMILES string of the molecule is O=C(NCCn1nc(C2CC2)n(-c2ccccc2)c1=O)c1c(F)cccc1Cl. The number of halogens is 2. The number of carbonyl (C=O) groups excluding carboxylic acids is 1. The molecular weight excluding hydrogens is 383 g/mol. The van der Waals surface area contributed by atoms with Crippen LogP contribution in [0, 0.1) is 5.82 Å². The van der Waals surface area contributed by atoms with E-state index in [0.29, 0.717) is 0 Å². The van der Waals surface area contributed by atoms with Gasteiger partial charge < -0.3 is 5.32 Å². The molecule has 1 amide bonds. The lowest BCUT2D eigenvalue weighted by atomic mass is 10.2.